The molecule has 0 saturated heterocycles. The summed E-state index contributed by atoms with van der Waals surface area (Å²) in [6.45, 7) is 1.82. The molecule has 1 aliphatic carbocycles. The van der Waals surface area contributed by atoms with E-state index >= 15 is 0 Å². The monoisotopic (exact) mass is 323 g/mol. The fourth-order valence-corrected chi connectivity index (χ4v) is 3.62. The van der Waals surface area contributed by atoms with Crippen molar-refractivity contribution < 1.29 is 9.53 Å². The van der Waals surface area contributed by atoms with Gasteiger partial charge in [-0.1, -0.05) is 60.7 Å². The van der Waals surface area contributed by atoms with Crippen LogP contribution in [0.25, 0.3) is 0 Å². The maximum atomic E-state index is 11.9. The number of methoxy groups -OCH3 is 1. The Morgan fingerprint density at radius 2 is 1.50 bits per heavy atom. The van der Waals surface area contributed by atoms with E-state index < -0.39 is 0 Å². The van der Waals surface area contributed by atoms with Crippen LogP contribution < -0.4 is 0 Å². The second kappa shape index (κ2) is 8.11. The summed E-state index contributed by atoms with van der Waals surface area (Å²) >= 11 is 0. The average Bonchev–Trinajstić information content (AvgIpc) is 3.12. The third kappa shape index (κ3) is 4.24. The van der Waals surface area contributed by atoms with Crippen molar-refractivity contribution >= 4 is 5.97 Å². The highest BCUT2D eigenvalue weighted by Crippen LogP contribution is 2.32. The maximum Gasteiger partial charge on any atom is 0.308 e. The highest BCUT2D eigenvalue weighted by Gasteiger charge is 2.33. The van der Waals surface area contributed by atoms with Gasteiger partial charge < -0.3 is 4.74 Å². The predicted molar refractivity (Wildman–Crippen MR) is 95.3 cm³/mol. The lowest BCUT2D eigenvalue weighted by molar-refractivity contribution is -0.145. The Morgan fingerprint density at radius 3 is 2.00 bits per heavy atom. The normalized spacial score (nSPS) is 20.2. The summed E-state index contributed by atoms with van der Waals surface area (Å²) in [5.41, 5.74) is 2.63. The van der Waals surface area contributed by atoms with Gasteiger partial charge in [0.2, 0.25) is 0 Å². The minimum atomic E-state index is -0.0585. The molecule has 2 aromatic carbocycles. The molecule has 1 aliphatic rings. The van der Waals surface area contributed by atoms with Gasteiger partial charge in [0.25, 0.3) is 0 Å². The first kappa shape index (κ1) is 16.7. The molecule has 0 aromatic heterocycles. The number of benzene rings is 2. The lowest BCUT2D eigenvalue weighted by Gasteiger charge is -2.29. The Bertz CT molecular complexity index is 600. The predicted octanol–water partition coefficient (Wildman–Crippen LogP) is 4.03. The molecule has 0 heterocycles. The van der Waals surface area contributed by atoms with E-state index in [9.17, 15) is 4.79 Å². The van der Waals surface area contributed by atoms with Crippen molar-refractivity contribution in [2.45, 2.75) is 38.4 Å². The Hall–Kier alpha value is -2.13. The van der Waals surface area contributed by atoms with Gasteiger partial charge in [-0.3, -0.25) is 9.69 Å². The highest BCUT2D eigenvalue weighted by molar-refractivity contribution is 5.72. The number of rotatable bonds is 6. The van der Waals surface area contributed by atoms with Crippen molar-refractivity contribution in [3.8, 4) is 0 Å². The molecule has 0 bridgehead atoms. The summed E-state index contributed by atoms with van der Waals surface area (Å²) < 4.78 is 4.94. The lowest BCUT2D eigenvalue weighted by atomic mass is 10.1. The summed E-state index contributed by atoms with van der Waals surface area (Å²) in [5, 5.41) is 0. The second-order valence-electron chi connectivity index (χ2n) is 6.56. The van der Waals surface area contributed by atoms with Crippen LogP contribution in [-0.2, 0) is 22.6 Å². The molecule has 0 aliphatic heterocycles. The van der Waals surface area contributed by atoms with Crippen LogP contribution >= 0.6 is 0 Å². The number of nitrogens with zero attached hydrogens (tertiary/aromatic N) is 1. The second-order valence-corrected chi connectivity index (χ2v) is 6.56. The van der Waals surface area contributed by atoms with Crippen molar-refractivity contribution in [1.29, 1.82) is 0 Å². The lowest BCUT2D eigenvalue weighted by Crippen LogP contribution is -2.33. The van der Waals surface area contributed by atoms with Gasteiger partial charge in [0.05, 0.1) is 13.0 Å². The molecule has 3 rings (SSSR count). The highest BCUT2D eigenvalue weighted by atomic mass is 16.5. The largest absolute Gasteiger partial charge is 0.469 e. The number of ether oxygens (including phenoxy) is 1. The maximum absolute atomic E-state index is 11.9. The third-order valence-corrected chi connectivity index (χ3v) is 4.91. The Kier molecular flexibility index (Phi) is 5.65. The van der Waals surface area contributed by atoms with Crippen LogP contribution in [0.5, 0.6) is 0 Å². The minimum Gasteiger partial charge on any atom is -0.469 e. The van der Waals surface area contributed by atoms with Gasteiger partial charge in [-0.05, 0) is 30.4 Å². The van der Waals surface area contributed by atoms with E-state index in [2.05, 4.69) is 53.4 Å². The smallest absolute Gasteiger partial charge is 0.308 e. The quantitative estimate of drug-likeness (QED) is 0.752. The van der Waals surface area contributed by atoms with Crippen LogP contribution in [0.2, 0.25) is 0 Å². The number of carbonyl (C=O) groups excluding carboxylic acids is 1. The third-order valence-electron chi connectivity index (χ3n) is 4.91. The first-order valence-corrected chi connectivity index (χ1v) is 8.66. The first-order chi connectivity index (χ1) is 11.8. The van der Waals surface area contributed by atoms with E-state index in [1.807, 2.05) is 12.1 Å². The molecule has 2 atom stereocenters. The molecule has 2 aromatic rings. The summed E-state index contributed by atoms with van der Waals surface area (Å²) in [4.78, 5) is 14.4. The molecule has 3 nitrogen and oxygen atoms in total. The summed E-state index contributed by atoms with van der Waals surface area (Å²) in [6.07, 6.45) is 2.88. The van der Waals surface area contributed by atoms with Gasteiger partial charge in [0.15, 0.2) is 0 Å². The van der Waals surface area contributed by atoms with Crippen LogP contribution in [0.1, 0.15) is 30.4 Å². The number of carbonyl (C=O) groups is 1. The molecular weight excluding hydrogens is 298 g/mol. The fourth-order valence-electron chi connectivity index (χ4n) is 3.62. The van der Waals surface area contributed by atoms with Crippen LogP contribution in [0.15, 0.2) is 60.7 Å². The molecule has 24 heavy (non-hydrogen) atoms. The van der Waals surface area contributed by atoms with Crippen molar-refractivity contribution in [2.75, 3.05) is 7.11 Å². The molecular formula is C21H25NO2. The zero-order valence-electron chi connectivity index (χ0n) is 14.2. The van der Waals surface area contributed by atoms with Gasteiger partial charge in [-0.2, -0.15) is 0 Å². The molecule has 0 unspecified atom stereocenters. The van der Waals surface area contributed by atoms with Crippen molar-refractivity contribution in [1.82, 2.24) is 4.90 Å². The standard InChI is InChI=1S/C21H25NO2/c1-24-21(23)19-12-13-20(14-19)22(15-17-8-4-2-5-9-17)16-18-10-6-3-7-11-18/h2-11,19-20H,12-16H2,1H3/t19-,20+/m1/s1. The fraction of sp³-hybridized carbons (Fsp3) is 0.381. The van der Waals surface area contributed by atoms with Crippen molar-refractivity contribution in [3.63, 3.8) is 0 Å². The van der Waals surface area contributed by atoms with E-state index in [0.29, 0.717) is 6.04 Å². The summed E-state index contributed by atoms with van der Waals surface area (Å²) in [7, 11) is 1.49. The molecule has 1 fully saturated rings. The SMILES string of the molecule is COC(=O)[C@@H]1CC[C@H](N(Cc2ccccc2)Cc2ccccc2)C1. The Labute approximate surface area is 144 Å². The van der Waals surface area contributed by atoms with E-state index in [4.69, 9.17) is 4.74 Å². The van der Waals surface area contributed by atoms with Crippen LogP contribution in [0, 0.1) is 5.92 Å². The zero-order valence-corrected chi connectivity index (χ0v) is 14.2. The summed E-state index contributed by atoms with van der Waals surface area (Å²) in [6, 6.07) is 21.6. The molecule has 0 spiro atoms. The van der Waals surface area contributed by atoms with E-state index in [1.54, 1.807) is 0 Å². The minimum absolute atomic E-state index is 0.0500. The van der Waals surface area contributed by atoms with Gasteiger partial charge >= 0.3 is 5.97 Å². The molecule has 3 heteroatoms. The van der Waals surface area contributed by atoms with Gasteiger partial charge in [-0.15, -0.1) is 0 Å². The van der Waals surface area contributed by atoms with Crippen molar-refractivity contribution in [2.24, 2.45) is 5.92 Å². The van der Waals surface area contributed by atoms with E-state index in [-0.39, 0.29) is 11.9 Å². The van der Waals surface area contributed by atoms with Crippen LogP contribution in [-0.4, -0.2) is 24.0 Å². The van der Waals surface area contributed by atoms with E-state index in [0.717, 1.165) is 32.4 Å². The van der Waals surface area contributed by atoms with Crippen LogP contribution in [0.4, 0.5) is 0 Å². The molecule has 0 radical (unpaired) electrons. The summed E-state index contributed by atoms with van der Waals surface area (Å²) in [5.74, 6) is -0.00841. The zero-order chi connectivity index (χ0) is 16.8. The molecule has 0 N–H and O–H groups in total. The molecule has 126 valence electrons. The topological polar surface area (TPSA) is 29.5 Å². The number of hydrogen-bond donors (Lipinski definition) is 0. The number of esters is 1. The van der Waals surface area contributed by atoms with E-state index in [1.165, 1.54) is 18.2 Å². The van der Waals surface area contributed by atoms with Crippen molar-refractivity contribution in [3.05, 3.63) is 71.8 Å². The average molecular weight is 323 g/mol. The van der Waals surface area contributed by atoms with Gasteiger partial charge in [0, 0.05) is 19.1 Å². The Morgan fingerprint density at radius 1 is 0.958 bits per heavy atom. The number of hydrogen-bond acceptors (Lipinski definition) is 3. The first-order valence-electron chi connectivity index (χ1n) is 8.66. The van der Waals surface area contributed by atoms with Crippen LogP contribution in [0.3, 0.4) is 0 Å². The van der Waals surface area contributed by atoms with Gasteiger partial charge in [-0.25, -0.2) is 0 Å². The molecule has 1 saturated carbocycles. The van der Waals surface area contributed by atoms with Gasteiger partial charge in [0.1, 0.15) is 0 Å². The molecule has 0 amide bonds. The Balaban J connectivity index is 1.73.